The molecule has 2 aliphatic heterocycles. The van der Waals surface area contributed by atoms with Gasteiger partial charge in [0.25, 0.3) is 11.8 Å². The van der Waals surface area contributed by atoms with E-state index in [1.807, 2.05) is 54.7 Å². The Kier molecular flexibility index (Phi) is 10.4. The van der Waals surface area contributed by atoms with Crippen molar-refractivity contribution < 1.29 is 23.9 Å². The maximum Gasteiger partial charge on any atom is 0.254 e. The van der Waals surface area contributed by atoms with Crippen molar-refractivity contribution in [3.8, 4) is 16.9 Å². The highest BCUT2D eigenvalue weighted by Gasteiger charge is 2.33. The Bertz CT molecular complexity index is 2540. The normalized spacial score (nSPS) is 16.5. The maximum absolute atomic E-state index is 13.6. The van der Waals surface area contributed by atoms with Crippen molar-refractivity contribution in [1.29, 1.82) is 0 Å². The summed E-state index contributed by atoms with van der Waals surface area (Å²) in [5.41, 5.74) is 14.7. The number of rotatable bonds is 10. The summed E-state index contributed by atoms with van der Waals surface area (Å²) in [6.07, 6.45) is 8.23. The first-order valence-corrected chi connectivity index (χ1v) is 19.0. The van der Waals surface area contributed by atoms with Crippen LogP contribution in [-0.4, -0.2) is 65.0 Å². The molecule has 0 spiro atoms. The molecule has 5 N–H and O–H groups in total. The number of halogens is 1. The highest BCUT2D eigenvalue weighted by Crippen LogP contribution is 2.33. The average molecular weight is 795 g/mol. The molecular formula is C44H39ClN8O5. The van der Waals surface area contributed by atoms with Crippen LogP contribution in [0.15, 0.2) is 110 Å². The molecule has 8 rings (SSSR count). The van der Waals surface area contributed by atoms with Crippen LogP contribution >= 0.6 is 11.6 Å². The number of carbonyl (C=O) groups excluding carboxylic acids is 4. The molecular weight excluding hydrogens is 756 g/mol. The zero-order valence-corrected chi connectivity index (χ0v) is 32.4. The first-order valence-electron chi connectivity index (χ1n) is 18.6. The minimum atomic E-state index is -0.785. The summed E-state index contributed by atoms with van der Waals surface area (Å²) >= 11 is 6.14. The third-order valence-electron chi connectivity index (χ3n) is 10.6. The molecule has 0 saturated heterocycles. The number of hydrogen-bond acceptors (Lipinski definition) is 8. The van der Waals surface area contributed by atoms with E-state index in [1.54, 1.807) is 69.1 Å². The van der Waals surface area contributed by atoms with Gasteiger partial charge in [0.05, 0.1) is 40.6 Å². The van der Waals surface area contributed by atoms with Gasteiger partial charge in [-0.2, -0.15) is 5.10 Å². The predicted octanol–water partition coefficient (Wildman–Crippen LogP) is 5.51. The van der Waals surface area contributed by atoms with Gasteiger partial charge >= 0.3 is 0 Å². The lowest BCUT2D eigenvalue weighted by Gasteiger charge is -2.21. The Balaban J connectivity index is 0.941. The average Bonchev–Trinajstić information content (AvgIpc) is 3.70. The number of nitrogen functional groups attached to an aromatic ring is 1. The Hall–Kier alpha value is -6.99. The number of carbonyl (C=O) groups is 4. The number of anilines is 3. The van der Waals surface area contributed by atoms with Gasteiger partial charge < -0.3 is 30.9 Å². The van der Waals surface area contributed by atoms with Crippen LogP contribution in [0.25, 0.3) is 11.1 Å². The van der Waals surface area contributed by atoms with Gasteiger partial charge in [-0.1, -0.05) is 60.1 Å². The number of H-pyrrole nitrogens is 1. The SMILES string of the molecule is CN1C(=O)C(Cc2ccc(-c3c(N)cncc3COc3ccc4c(c3)C(=O)NC(Cc3ccc(Cc5cn[nH]c5)cc3)C(=O)N4C)cc2)NC(=O)c2cc(Cl)ccc21. The number of fused-ring (bicyclic) bond motifs is 2. The van der Waals surface area contributed by atoms with Gasteiger partial charge in [-0.05, 0) is 64.2 Å². The summed E-state index contributed by atoms with van der Waals surface area (Å²) in [7, 11) is 3.31. The van der Waals surface area contributed by atoms with Crippen LogP contribution in [0.5, 0.6) is 5.75 Å². The molecule has 0 radical (unpaired) electrons. The first-order chi connectivity index (χ1) is 28.0. The fraction of sp³-hybridized carbons (Fsp3) is 0.182. The van der Waals surface area contributed by atoms with Crippen molar-refractivity contribution in [2.45, 2.75) is 38.0 Å². The minimum absolute atomic E-state index is 0.0863. The number of aromatic amines is 1. The van der Waals surface area contributed by atoms with Gasteiger partial charge in [0, 0.05) is 61.9 Å². The molecule has 2 aliphatic rings. The van der Waals surface area contributed by atoms with Gasteiger partial charge in [-0.15, -0.1) is 0 Å². The van der Waals surface area contributed by atoms with E-state index in [9.17, 15) is 19.2 Å². The first kappa shape index (κ1) is 37.9. The fourth-order valence-corrected chi connectivity index (χ4v) is 7.64. The van der Waals surface area contributed by atoms with Crippen LogP contribution < -0.4 is 30.9 Å². The number of likely N-dealkylation sites (N-methyl/N-ethyl adjacent to an activating group) is 2. The standard InChI is InChI=1S/C44H39ClN8O5/c1-52-38-13-11-31(45)18-33(38)41(54)50-37(43(52)56)17-27-7-9-29(10-8-27)40-30(22-47-23-35(40)46)24-58-32-12-14-39-34(19-32)42(55)51-36(44(57)53(39)2)16-26-5-3-25(4-6-26)15-28-20-48-49-21-28/h3-14,18-23,36-37H,15-17,24,46H2,1-2H3,(H,48,49)(H,50,54)(H,51,55). The summed E-state index contributed by atoms with van der Waals surface area (Å²) in [5.74, 6) is -0.788. The molecule has 2 unspecified atom stereocenters. The highest BCUT2D eigenvalue weighted by atomic mass is 35.5. The highest BCUT2D eigenvalue weighted by molar-refractivity contribution is 6.31. The van der Waals surface area contributed by atoms with Crippen molar-refractivity contribution >= 4 is 52.3 Å². The number of aromatic nitrogens is 3. The molecule has 14 heteroatoms. The van der Waals surface area contributed by atoms with Crippen LogP contribution in [0.2, 0.25) is 5.02 Å². The van der Waals surface area contributed by atoms with E-state index in [0.29, 0.717) is 50.9 Å². The second kappa shape index (κ2) is 15.9. The molecule has 13 nitrogen and oxygen atoms in total. The number of hydrogen-bond donors (Lipinski definition) is 4. The van der Waals surface area contributed by atoms with E-state index in [2.05, 4.69) is 25.8 Å². The van der Waals surface area contributed by atoms with Crippen molar-refractivity contribution in [3.05, 3.63) is 154 Å². The molecule has 6 aromatic rings. The molecule has 58 heavy (non-hydrogen) atoms. The summed E-state index contributed by atoms with van der Waals surface area (Å²) in [4.78, 5) is 60.9. The monoisotopic (exact) mass is 794 g/mol. The number of nitrogens with one attached hydrogen (secondary N) is 3. The maximum atomic E-state index is 13.6. The number of benzene rings is 4. The van der Waals surface area contributed by atoms with E-state index in [1.165, 1.54) is 9.80 Å². The molecule has 4 aromatic carbocycles. The van der Waals surface area contributed by atoms with Gasteiger partial charge in [-0.3, -0.25) is 29.3 Å². The molecule has 292 valence electrons. The molecule has 0 saturated carbocycles. The largest absolute Gasteiger partial charge is 0.489 e. The molecule has 4 heterocycles. The van der Waals surface area contributed by atoms with Crippen LogP contribution in [-0.2, 0) is 35.5 Å². The van der Waals surface area contributed by atoms with E-state index in [0.717, 1.165) is 39.8 Å². The summed E-state index contributed by atoms with van der Waals surface area (Å²) in [6, 6.07) is 24.0. The second-order valence-electron chi connectivity index (χ2n) is 14.4. The van der Waals surface area contributed by atoms with Gasteiger partial charge in [0.1, 0.15) is 24.4 Å². The lowest BCUT2D eigenvalue weighted by molar-refractivity contribution is -0.120. The Morgan fingerprint density at radius 1 is 0.707 bits per heavy atom. The van der Waals surface area contributed by atoms with Crippen molar-refractivity contribution in [2.75, 3.05) is 29.6 Å². The topological polar surface area (TPSA) is 176 Å². The van der Waals surface area contributed by atoms with Gasteiger partial charge in [0.2, 0.25) is 11.8 Å². The number of nitrogens with zero attached hydrogens (tertiary/aromatic N) is 4. The number of nitrogens with two attached hydrogens (primary N) is 1. The lowest BCUT2D eigenvalue weighted by atomic mass is 9.97. The van der Waals surface area contributed by atoms with E-state index < -0.39 is 12.1 Å². The summed E-state index contributed by atoms with van der Waals surface area (Å²) in [5, 5.41) is 13.0. The Labute approximate surface area is 339 Å². The Morgan fingerprint density at radius 3 is 1.91 bits per heavy atom. The van der Waals surface area contributed by atoms with E-state index >= 15 is 0 Å². The molecule has 0 aliphatic carbocycles. The summed E-state index contributed by atoms with van der Waals surface area (Å²) in [6.45, 7) is 0.0863. The predicted molar refractivity (Wildman–Crippen MR) is 221 cm³/mol. The number of ether oxygens (including phenoxy) is 1. The third kappa shape index (κ3) is 7.71. The molecule has 4 amide bonds. The fourth-order valence-electron chi connectivity index (χ4n) is 7.47. The van der Waals surface area contributed by atoms with Crippen LogP contribution in [0.3, 0.4) is 0 Å². The summed E-state index contributed by atoms with van der Waals surface area (Å²) < 4.78 is 6.22. The minimum Gasteiger partial charge on any atom is -0.489 e. The van der Waals surface area contributed by atoms with Crippen molar-refractivity contribution in [1.82, 2.24) is 25.8 Å². The molecule has 2 aromatic heterocycles. The van der Waals surface area contributed by atoms with Crippen LogP contribution in [0.4, 0.5) is 17.1 Å². The number of amides is 4. The Morgan fingerprint density at radius 2 is 1.29 bits per heavy atom. The van der Waals surface area contributed by atoms with Gasteiger partial charge in [0.15, 0.2) is 0 Å². The third-order valence-corrected chi connectivity index (χ3v) is 10.8. The van der Waals surface area contributed by atoms with Crippen molar-refractivity contribution in [3.63, 3.8) is 0 Å². The molecule has 0 bridgehead atoms. The second-order valence-corrected chi connectivity index (χ2v) is 14.9. The van der Waals surface area contributed by atoms with Gasteiger partial charge in [-0.25, -0.2) is 0 Å². The molecule has 2 atom stereocenters. The van der Waals surface area contributed by atoms with Crippen molar-refractivity contribution in [2.24, 2.45) is 0 Å². The smallest absolute Gasteiger partial charge is 0.254 e. The zero-order chi connectivity index (χ0) is 40.5. The number of pyridine rings is 1. The van der Waals surface area contributed by atoms with Crippen LogP contribution in [0.1, 0.15) is 48.5 Å². The van der Waals surface area contributed by atoms with E-state index in [-0.39, 0.29) is 36.7 Å². The van der Waals surface area contributed by atoms with E-state index in [4.69, 9.17) is 22.1 Å². The quantitative estimate of drug-likeness (QED) is 0.140. The molecule has 0 fully saturated rings. The zero-order valence-electron chi connectivity index (χ0n) is 31.7. The van der Waals surface area contributed by atoms with Crippen LogP contribution in [0, 0.1) is 0 Å². The lowest BCUT2D eigenvalue weighted by Crippen LogP contribution is -2.45.